The number of carbonyl (C=O) groups is 2. The van der Waals surface area contributed by atoms with Crippen molar-refractivity contribution < 1.29 is 14.7 Å². The van der Waals surface area contributed by atoms with E-state index in [1.165, 1.54) is 6.20 Å². The Hall–Kier alpha value is -2.96. The largest absolute Gasteiger partial charge is 0.465 e. The lowest BCUT2D eigenvalue weighted by atomic mass is 10.2. The molecule has 0 radical (unpaired) electrons. The Balaban J connectivity index is 2.11. The van der Waals surface area contributed by atoms with Gasteiger partial charge in [0, 0.05) is 17.6 Å². The van der Waals surface area contributed by atoms with E-state index in [0.29, 0.717) is 34.9 Å². The number of carboxylic acid groups (broad SMARTS) is 1. The molecule has 0 fully saturated rings. The van der Waals surface area contributed by atoms with Gasteiger partial charge in [-0.15, -0.1) is 0 Å². The van der Waals surface area contributed by atoms with Crippen LogP contribution in [0.15, 0.2) is 30.5 Å². The molecule has 0 aliphatic rings. The number of hydrogen-bond donors (Lipinski definition) is 3. The number of hydrogen-bond acceptors (Lipinski definition) is 5. The molecule has 3 N–H and O–H groups in total. The quantitative estimate of drug-likeness (QED) is 0.738. The highest BCUT2D eigenvalue weighted by atomic mass is 16.4. The second-order valence-corrected chi connectivity index (χ2v) is 3.98. The van der Waals surface area contributed by atoms with Gasteiger partial charge in [0.05, 0.1) is 11.3 Å². The van der Waals surface area contributed by atoms with Crippen molar-refractivity contribution in [2.45, 2.75) is 6.92 Å². The van der Waals surface area contributed by atoms with Gasteiger partial charge < -0.3 is 10.4 Å². The number of benzene rings is 1. The van der Waals surface area contributed by atoms with Gasteiger partial charge >= 0.3 is 6.09 Å². The summed E-state index contributed by atoms with van der Waals surface area (Å²) in [5, 5.41) is 13.8. The molecular weight excluding hydrogens is 260 g/mol. The van der Waals surface area contributed by atoms with E-state index in [0.717, 1.165) is 0 Å². The molecule has 2 aromatic rings. The summed E-state index contributed by atoms with van der Waals surface area (Å²) in [5.41, 5.74) is 2.20. The van der Waals surface area contributed by atoms with E-state index >= 15 is 0 Å². The molecule has 0 spiro atoms. The number of aromatic nitrogens is 2. The summed E-state index contributed by atoms with van der Waals surface area (Å²) in [4.78, 5) is 29.3. The third-order valence-corrected chi connectivity index (χ3v) is 2.54. The average molecular weight is 272 g/mol. The Morgan fingerprint density at radius 2 is 1.90 bits per heavy atom. The Labute approximate surface area is 114 Å². The first kappa shape index (κ1) is 13.5. The zero-order valence-corrected chi connectivity index (χ0v) is 10.6. The first-order valence-corrected chi connectivity index (χ1v) is 5.74. The molecule has 0 saturated heterocycles. The van der Waals surface area contributed by atoms with E-state index in [4.69, 9.17) is 5.11 Å². The molecule has 0 aliphatic heterocycles. The van der Waals surface area contributed by atoms with Crippen molar-refractivity contribution in [1.29, 1.82) is 0 Å². The minimum Gasteiger partial charge on any atom is -0.465 e. The fourth-order valence-electron chi connectivity index (χ4n) is 1.54. The SMILES string of the molecule is Cc1nc(Nc2ccc(NC(=O)O)cc2)ncc1C=O. The zero-order chi connectivity index (χ0) is 14.5. The lowest BCUT2D eigenvalue weighted by molar-refractivity contribution is 0.112. The Morgan fingerprint density at radius 1 is 1.25 bits per heavy atom. The molecule has 7 heteroatoms. The lowest BCUT2D eigenvalue weighted by Gasteiger charge is -2.07. The van der Waals surface area contributed by atoms with Crippen LogP contribution in [-0.4, -0.2) is 27.5 Å². The smallest absolute Gasteiger partial charge is 0.409 e. The first-order chi connectivity index (χ1) is 9.58. The maximum atomic E-state index is 10.7. The molecule has 0 bridgehead atoms. The molecule has 0 saturated carbocycles. The molecule has 20 heavy (non-hydrogen) atoms. The van der Waals surface area contributed by atoms with Gasteiger partial charge in [0.1, 0.15) is 0 Å². The van der Waals surface area contributed by atoms with Crippen LogP contribution in [0.5, 0.6) is 0 Å². The van der Waals surface area contributed by atoms with Crippen LogP contribution in [0.4, 0.5) is 22.1 Å². The predicted octanol–water partition coefficient (Wildman–Crippen LogP) is 2.43. The van der Waals surface area contributed by atoms with Crippen molar-refractivity contribution in [1.82, 2.24) is 9.97 Å². The van der Waals surface area contributed by atoms with E-state index < -0.39 is 6.09 Å². The van der Waals surface area contributed by atoms with Gasteiger partial charge in [-0.25, -0.2) is 14.8 Å². The van der Waals surface area contributed by atoms with Crippen molar-refractivity contribution in [3.63, 3.8) is 0 Å². The summed E-state index contributed by atoms with van der Waals surface area (Å²) in [5.74, 6) is 0.368. The van der Waals surface area contributed by atoms with Crippen LogP contribution < -0.4 is 10.6 Å². The highest BCUT2D eigenvalue weighted by Gasteiger charge is 2.03. The van der Waals surface area contributed by atoms with E-state index in [-0.39, 0.29) is 0 Å². The highest BCUT2D eigenvalue weighted by molar-refractivity contribution is 5.83. The molecule has 0 unspecified atom stereocenters. The molecule has 2 rings (SSSR count). The molecule has 1 aromatic heterocycles. The van der Waals surface area contributed by atoms with Crippen LogP contribution >= 0.6 is 0 Å². The average Bonchev–Trinajstić information content (AvgIpc) is 2.41. The zero-order valence-electron chi connectivity index (χ0n) is 10.6. The second kappa shape index (κ2) is 5.79. The normalized spacial score (nSPS) is 9.85. The maximum Gasteiger partial charge on any atom is 0.409 e. The summed E-state index contributed by atoms with van der Waals surface area (Å²) >= 11 is 0. The van der Waals surface area contributed by atoms with Gasteiger partial charge in [-0.2, -0.15) is 0 Å². The van der Waals surface area contributed by atoms with E-state index in [1.807, 2.05) is 0 Å². The number of nitrogens with zero attached hydrogens (tertiary/aromatic N) is 2. The minimum atomic E-state index is -1.12. The van der Waals surface area contributed by atoms with Gasteiger partial charge in [-0.1, -0.05) is 0 Å². The van der Waals surface area contributed by atoms with Gasteiger partial charge in [0.15, 0.2) is 6.29 Å². The van der Waals surface area contributed by atoms with Gasteiger partial charge in [0.2, 0.25) is 5.95 Å². The van der Waals surface area contributed by atoms with Crippen molar-refractivity contribution in [2.75, 3.05) is 10.6 Å². The fraction of sp³-hybridized carbons (Fsp3) is 0.0769. The van der Waals surface area contributed by atoms with Crippen LogP contribution in [0.2, 0.25) is 0 Å². The van der Waals surface area contributed by atoms with Crippen LogP contribution in [0.25, 0.3) is 0 Å². The lowest BCUT2D eigenvalue weighted by Crippen LogP contribution is -2.07. The van der Waals surface area contributed by atoms with Gasteiger partial charge in [-0.3, -0.25) is 10.1 Å². The number of aldehydes is 1. The van der Waals surface area contributed by atoms with Crippen molar-refractivity contribution in [3.8, 4) is 0 Å². The Bertz CT molecular complexity index is 641. The fourth-order valence-corrected chi connectivity index (χ4v) is 1.54. The molecule has 0 atom stereocenters. The van der Waals surface area contributed by atoms with Crippen LogP contribution in [0.3, 0.4) is 0 Å². The number of anilines is 3. The first-order valence-electron chi connectivity index (χ1n) is 5.74. The number of carbonyl (C=O) groups excluding carboxylic acids is 1. The molecule has 7 nitrogen and oxygen atoms in total. The summed E-state index contributed by atoms with van der Waals surface area (Å²) < 4.78 is 0. The summed E-state index contributed by atoms with van der Waals surface area (Å²) in [6.45, 7) is 1.72. The molecule has 1 aromatic carbocycles. The second-order valence-electron chi connectivity index (χ2n) is 3.98. The number of rotatable bonds is 4. The Morgan fingerprint density at radius 3 is 2.45 bits per heavy atom. The van der Waals surface area contributed by atoms with Crippen LogP contribution in [0, 0.1) is 6.92 Å². The maximum absolute atomic E-state index is 10.7. The van der Waals surface area contributed by atoms with E-state index in [2.05, 4.69) is 20.6 Å². The molecule has 0 aliphatic carbocycles. The third-order valence-electron chi connectivity index (χ3n) is 2.54. The topological polar surface area (TPSA) is 104 Å². The predicted molar refractivity (Wildman–Crippen MR) is 73.5 cm³/mol. The molecule has 1 amide bonds. The Kier molecular flexibility index (Phi) is 3.90. The number of amides is 1. The van der Waals surface area contributed by atoms with E-state index in [1.54, 1.807) is 31.2 Å². The van der Waals surface area contributed by atoms with Crippen LogP contribution in [-0.2, 0) is 0 Å². The summed E-state index contributed by atoms with van der Waals surface area (Å²) in [6, 6.07) is 6.61. The monoisotopic (exact) mass is 272 g/mol. The molecule has 102 valence electrons. The highest BCUT2D eigenvalue weighted by Crippen LogP contribution is 2.17. The van der Waals surface area contributed by atoms with Gasteiger partial charge in [0.25, 0.3) is 0 Å². The van der Waals surface area contributed by atoms with Crippen LogP contribution in [0.1, 0.15) is 16.1 Å². The number of aryl methyl sites for hydroxylation is 1. The summed E-state index contributed by atoms with van der Waals surface area (Å²) in [6.07, 6.45) is 1.03. The number of nitrogens with one attached hydrogen (secondary N) is 2. The molecule has 1 heterocycles. The van der Waals surface area contributed by atoms with Gasteiger partial charge in [-0.05, 0) is 31.2 Å². The standard InChI is InChI=1S/C13H12N4O3/c1-8-9(7-18)6-14-12(15-8)16-10-2-4-11(5-3-10)17-13(19)20/h2-7,17H,1H3,(H,19,20)(H,14,15,16). The summed E-state index contributed by atoms with van der Waals surface area (Å²) in [7, 11) is 0. The van der Waals surface area contributed by atoms with E-state index in [9.17, 15) is 9.59 Å². The van der Waals surface area contributed by atoms with Crippen molar-refractivity contribution in [3.05, 3.63) is 41.7 Å². The van der Waals surface area contributed by atoms with Crippen molar-refractivity contribution in [2.24, 2.45) is 0 Å². The molecular formula is C13H12N4O3. The minimum absolute atomic E-state index is 0.368. The van der Waals surface area contributed by atoms with Crippen molar-refractivity contribution >= 4 is 29.7 Å². The third kappa shape index (κ3) is 3.29.